The van der Waals surface area contributed by atoms with Gasteiger partial charge in [0.1, 0.15) is 22.6 Å². The molecule has 2 atom stereocenters. The van der Waals surface area contributed by atoms with Crippen LogP contribution in [0.4, 0.5) is 0 Å². The minimum atomic E-state index is -0.348. The Bertz CT molecular complexity index is 1490. The molecular weight excluding hydrogens is 586 g/mol. The van der Waals surface area contributed by atoms with Crippen LogP contribution in [0, 0.1) is 18.3 Å². The van der Waals surface area contributed by atoms with E-state index in [0.29, 0.717) is 53.2 Å². The van der Waals surface area contributed by atoms with Gasteiger partial charge in [0, 0.05) is 43.2 Å². The third-order valence-electron chi connectivity index (χ3n) is 8.37. The third-order valence-corrected chi connectivity index (χ3v) is 9.61. The lowest BCUT2D eigenvalue weighted by Crippen LogP contribution is -2.29. The molecule has 0 fully saturated rings. The van der Waals surface area contributed by atoms with E-state index in [1.165, 1.54) is 22.5 Å². The summed E-state index contributed by atoms with van der Waals surface area (Å²) in [5.41, 5.74) is 2.63. The van der Waals surface area contributed by atoms with Gasteiger partial charge in [0.2, 0.25) is 0 Å². The van der Waals surface area contributed by atoms with Crippen molar-refractivity contribution in [2.45, 2.75) is 85.9 Å². The summed E-state index contributed by atoms with van der Waals surface area (Å²) < 4.78 is 18.8. The Hall–Kier alpha value is -3.11. The molecule has 1 aromatic heterocycles. The van der Waals surface area contributed by atoms with Gasteiger partial charge in [-0.15, -0.1) is 0 Å². The number of ether oxygens (including phenoxy) is 3. The summed E-state index contributed by atoms with van der Waals surface area (Å²) >= 11 is 1.74. The largest absolute Gasteiger partial charge is 0.496 e. The summed E-state index contributed by atoms with van der Waals surface area (Å²) in [7, 11) is 3.36. The lowest BCUT2D eigenvalue weighted by molar-refractivity contribution is 0.170. The molecule has 2 aliphatic heterocycles. The molecule has 3 heterocycles. The van der Waals surface area contributed by atoms with Gasteiger partial charge in [-0.1, -0.05) is 71.7 Å². The number of aromatic nitrogens is 2. The standard InChI is InChI=1S/C35H51N5O4S/c1-10-13-14-24(11-2)22-44-25-15-16-27(43-9)26(21-25)30-23(4)34(41)40-33(37-30)31(32(38-40)35(5,6)7)36-28-17-18-29(45-28)39(12-3)19-20-42-8/h15-16,18,21,24,28H,10-14,17,19-20,22H2,1-9H3. The molecule has 4 rings (SSSR count). The second-order valence-corrected chi connectivity index (χ2v) is 13.9. The number of likely N-dealkylation sites (N-methyl/N-ethyl adjacent to an activating group) is 1. The van der Waals surface area contributed by atoms with Gasteiger partial charge in [-0.3, -0.25) is 9.79 Å². The predicted octanol–water partition coefficient (Wildman–Crippen LogP) is 7.15. The van der Waals surface area contributed by atoms with E-state index >= 15 is 0 Å². The summed E-state index contributed by atoms with van der Waals surface area (Å²) in [5.74, 6) is 2.33. The van der Waals surface area contributed by atoms with Gasteiger partial charge in [0.15, 0.2) is 5.82 Å². The highest BCUT2D eigenvalue weighted by Crippen LogP contribution is 2.38. The summed E-state index contributed by atoms with van der Waals surface area (Å²) in [4.78, 5) is 26.5. The Kier molecular flexibility index (Phi) is 11.9. The van der Waals surface area contributed by atoms with E-state index in [9.17, 15) is 4.79 Å². The SMILES string of the molecule is CCCCC(CC)COc1ccc(OC)c(-c2nc3n(c(=O)c2C)N=C(C(C)(C)C)C3=NC2CC=C(N(CC)CCOC)S2)c1. The van der Waals surface area contributed by atoms with Crippen LogP contribution in [0.15, 0.2) is 44.2 Å². The number of aliphatic imine (C=N–C) groups is 1. The summed E-state index contributed by atoms with van der Waals surface area (Å²) in [6.45, 7) is 17.7. The fourth-order valence-corrected chi connectivity index (χ4v) is 6.73. The summed E-state index contributed by atoms with van der Waals surface area (Å²) in [5, 5.41) is 5.97. The van der Waals surface area contributed by atoms with E-state index in [4.69, 9.17) is 29.3 Å². The zero-order valence-corrected chi connectivity index (χ0v) is 29.4. The number of benzene rings is 1. The number of fused-ring (bicyclic) bond motifs is 1. The monoisotopic (exact) mass is 637 g/mol. The molecule has 10 heteroatoms. The van der Waals surface area contributed by atoms with Gasteiger partial charge in [-0.2, -0.15) is 9.78 Å². The quantitative estimate of drug-likeness (QED) is 0.205. The molecule has 0 spiro atoms. The van der Waals surface area contributed by atoms with Crippen molar-refractivity contribution >= 4 is 23.2 Å². The maximum Gasteiger partial charge on any atom is 0.278 e. The molecule has 0 saturated heterocycles. The second kappa shape index (κ2) is 15.5. The lowest BCUT2D eigenvalue weighted by Gasteiger charge is -2.24. The van der Waals surface area contributed by atoms with Crippen LogP contribution < -0.4 is 15.0 Å². The van der Waals surface area contributed by atoms with Crippen molar-refractivity contribution in [1.82, 2.24) is 14.6 Å². The van der Waals surface area contributed by atoms with Crippen LogP contribution in [0.25, 0.3) is 11.3 Å². The minimum Gasteiger partial charge on any atom is -0.496 e. The Labute approximate surface area is 273 Å². The van der Waals surface area contributed by atoms with Crippen LogP contribution in [0.2, 0.25) is 0 Å². The number of thioether (sulfide) groups is 1. The normalized spacial score (nSPS) is 17.7. The molecule has 0 aliphatic carbocycles. The molecule has 2 aromatic rings. The topological polar surface area (TPSA) is 90.5 Å². The number of hydrogen-bond donors (Lipinski definition) is 0. The van der Waals surface area contributed by atoms with Crippen LogP contribution in [-0.2, 0) is 4.74 Å². The molecule has 0 bridgehead atoms. The zero-order valence-electron chi connectivity index (χ0n) is 28.6. The van der Waals surface area contributed by atoms with Crippen molar-refractivity contribution < 1.29 is 14.2 Å². The summed E-state index contributed by atoms with van der Waals surface area (Å²) in [6, 6.07) is 5.75. The first-order valence-corrected chi connectivity index (χ1v) is 17.2. The first kappa shape index (κ1) is 34.8. The lowest BCUT2D eigenvalue weighted by atomic mass is 9.87. The minimum absolute atomic E-state index is 0.0437. The van der Waals surface area contributed by atoms with Crippen molar-refractivity contribution in [1.29, 1.82) is 0 Å². The van der Waals surface area contributed by atoms with Gasteiger partial charge >= 0.3 is 0 Å². The van der Waals surface area contributed by atoms with Gasteiger partial charge in [0.05, 0.1) is 36.8 Å². The molecule has 0 N–H and O–H groups in total. The first-order valence-electron chi connectivity index (χ1n) is 16.3. The van der Waals surface area contributed by atoms with Crippen molar-refractivity contribution in [3.63, 3.8) is 0 Å². The van der Waals surface area contributed by atoms with Crippen molar-refractivity contribution in [3.8, 4) is 22.8 Å². The van der Waals surface area contributed by atoms with Gasteiger partial charge in [-0.25, -0.2) is 4.98 Å². The Morgan fingerprint density at radius 2 is 1.98 bits per heavy atom. The van der Waals surface area contributed by atoms with Crippen LogP contribution >= 0.6 is 11.8 Å². The molecule has 2 aliphatic rings. The van der Waals surface area contributed by atoms with Crippen molar-refractivity contribution in [2.24, 2.45) is 21.4 Å². The summed E-state index contributed by atoms with van der Waals surface area (Å²) in [6.07, 6.45) is 7.63. The smallest absolute Gasteiger partial charge is 0.278 e. The number of hydrogen-bond acceptors (Lipinski definition) is 9. The molecule has 0 saturated carbocycles. The zero-order chi connectivity index (χ0) is 32.7. The highest BCUT2D eigenvalue weighted by molar-refractivity contribution is 8.03. The number of rotatable bonds is 15. The van der Waals surface area contributed by atoms with Crippen LogP contribution in [0.5, 0.6) is 11.5 Å². The van der Waals surface area contributed by atoms with Crippen molar-refractivity contribution in [3.05, 3.63) is 51.0 Å². The third kappa shape index (κ3) is 8.01. The van der Waals surface area contributed by atoms with E-state index in [2.05, 4.69) is 52.5 Å². The van der Waals surface area contributed by atoms with Crippen molar-refractivity contribution in [2.75, 3.05) is 40.5 Å². The van der Waals surface area contributed by atoms with E-state index in [1.54, 1.807) is 32.9 Å². The Morgan fingerprint density at radius 1 is 1.20 bits per heavy atom. The molecule has 0 radical (unpaired) electrons. The van der Waals surface area contributed by atoms with Gasteiger partial charge < -0.3 is 19.1 Å². The molecule has 246 valence electrons. The predicted molar refractivity (Wildman–Crippen MR) is 186 cm³/mol. The van der Waals surface area contributed by atoms with E-state index in [0.717, 1.165) is 43.8 Å². The van der Waals surface area contributed by atoms with E-state index < -0.39 is 0 Å². The maximum atomic E-state index is 13.9. The first-order chi connectivity index (χ1) is 21.6. The average molecular weight is 638 g/mol. The van der Waals surface area contributed by atoms with E-state index in [-0.39, 0.29) is 16.3 Å². The Morgan fingerprint density at radius 3 is 2.62 bits per heavy atom. The molecule has 9 nitrogen and oxygen atoms in total. The van der Waals surface area contributed by atoms with Gasteiger partial charge in [-0.05, 0) is 44.4 Å². The average Bonchev–Trinajstić information content (AvgIpc) is 3.64. The van der Waals surface area contributed by atoms with Crippen LogP contribution in [0.1, 0.15) is 85.0 Å². The molecule has 1 aromatic carbocycles. The molecule has 2 unspecified atom stereocenters. The molecule has 0 amide bonds. The van der Waals surface area contributed by atoms with Gasteiger partial charge in [0.25, 0.3) is 5.56 Å². The second-order valence-electron chi connectivity index (χ2n) is 12.7. The number of unbranched alkanes of at least 4 members (excludes halogenated alkanes) is 1. The van der Waals surface area contributed by atoms with E-state index in [1.807, 2.05) is 18.2 Å². The van der Waals surface area contributed by atoms with Crippen LogP contribution in [-0.4, -0.2) is 71.9 Å². The fraction of sp³-hybridized carbons (Fsp3) is 0.600. The van der Waals surface area contributed by atoms with Crippen LogP contribution in [0.3, 0.4) is 0 Å². The highest BCUT2D eigenvalue weighted by atomic mass is 32.2. The molecule has 45 heavy (non-hydrogen) atoms. The number of nitrogens with zero attached hydrogens (tertiary/aromatic N) is 5. The molecular formula is C35H51N5O4S. The Balaban J connectivity index is 1.72. The highest BCUT2D eigenvalue weighted by Gasteiger charge is 2.36. The maximum absolute atomic E-state index is 13.9. The fourth-order valence-electron chi connectivity index (χ4n) is 5.54. The number of methoxy groups -OCH3 is 2.